The van der Waals surface area contributed by atoms with E-state index in [0.717, 1.165) is 16.6 Å². The van der Waals surface area contributed by atoms with Crippen LogP contribution in [0.15, 0.2) is 53.0 Å². The van der Waals surface area contributed by atoms with Crippen LogP contribution in [0.3, 0.4) is 0 Å². The van der Waals surface area contributed by atoms with Gasteiger partial charge in [0.25, 0.3) is 0 Å². The van der Waals surface area contributed by atoms with Gasteiger partial charge >= 0.3 is 0 Å². The lowest BCUT2D eigenvalue weighted by Gasteiger charge is -2.07. The van der Waals surface area contributed by atoms with Crippen molar-refractivity contribution in [1.29, 1.82) is 0 Å². The first-order valence-electron chi connectivity index (χ1n) is 8.03. The van der Waals surface area contributed by atoms with Gasteiger partial charge < -0.3 is 10.1 Å². The van der Waals surface area contributed by atoms with Crippen LogP contribution in [0.25, 0.3) is 0 Å². The van der Waals surface area contributed by atoms with Crippen LogP contribution in [-0.2, 0) is 11.2 Å². The Hall–Kier alpha value is -1.88. The summed E-state index contributed by atoms with van der Waals surface area (Å²) in [4.78, 5) is 11.7. The molecule has 0 saturated heterocycles. The highest BCUT2D eigenvalue weighted by atomic mass is 79.9. The number of nitrogens with one attached hydrogen (secondary N) is 1. The zero-order valence-corrected chi connectivity index (χ0v) is 15.0. The van der Waals surface area contributed by atoms with Crippen molar-refractivity contribution in [3.05, 3.63) is 64.4 Å². The summed E-state index contributed by atoms with van der Waals surface area (Å²) in [5, 5.41) is 2.86. The maximum absolute atomic E-state index is 13.4. The Morgan fingerprint density at radius 2 is 1.83 bits per heavy atom. The number of amides is 1. The van der Waals surface area contributed by atoms with E-state index < -0.39 is 0 Å². The highest BCUT2D eigenvalue weighted by molar-refractivity contribution is 9.10. The molecule has 0 atom stereocenters. The van der Waals surface area contributed by atoms with Gasteiger partial charge in [0, 0.05) is 17.4 Å². The monoisotopic (exact) mass is 393 g/mol. The SMILES string of the molecule is O=C(CCCOc1ccc(Br)cc1)NCCCc1ccccc1F. The van der Waals surface area contributed by atoms with Gasteiger partial charge in [-0.05, 0) is 55.2 Å². The lowest BCUT2D eigenvalue weighted by molar-refractivity contribution is -0.121. The summed E-state index contributed by atoms with van der Waals surface area (Å²) >= 11 is 3.37. The van der Waals surface area contributed by atoms with Crippen LogP contribution >= 0.6 is 15.9 Å². The highest BCUT2D eigenvalue weighted by Crippen LogP contribution is 2.16. The van der Waals surface area contributed by atoms with E-state index in [2.05, 4.69) is 21.2 Å². The van der Waals surface area contributed by atoms with Gasteiger partial charge in [0.15, 0.2) is 0 Å². The molecule has 0 aromatic heterocycles. The van der Waals surface area contributed by atoms with Crippen LogP contribution in [-0.4, -0.2) is 19.1 Å². The lowest BCUT2D eigenvalue weighted by atomic mass is 10.1. The second-order valence-electron chi connectivity index (χ2n) is 5.45. The van der Waals surface area contributed by atoms with Crippen molar-refractivity contribution in [2.45, 2.75) is 25.7 Å². The molecule has 0 spiro atoms. The van der Waals surface area contributed by atoms with Crippen molar-refractivity contribution in [2.24, 2.45) is 0 Å². The van der Waals surface area contributed by atoms with Gasteiger partial charge in [0.1, 0.15) is 11.6 Å². The van der Waals surface area contributed by atoms with Crippen LogP contribution in [0.5, 0.6) is 5.75 Å². The summed E-state index contributed by atoms with van der Waals surface area (Å²) in [6, 6.07) is 14.3. The van der Waals surface area contributed by atoms with Crippen LogP contribution in [0, 0.1) is 5.82 Å². The molecule has 5 heteroatoms. The number of hydrogen-bond acceptors (Lipinski definition) is 2. The first kappa shape index (κ1) is 18.5. The number of halogens is 2. The molecule has 128 valence electrons. The third-order valence-electron chi connectivity index (χ3n) is 3.53. The average Bonchev–Trinajstić information content (AvgIpc) is 2.58. The molecule has 2 aromatic rings. The lowest BCUT2D eigenvalue weighted by Crippen LogP contribution is -2.25. The number of carbonyl (C=O) groups excluding carboxylic acids is 1. The minimum Gasteiger partial charge on any atom is -0.494 e. The minimum absolute atomic E-state index is 0.00272. The van der Waals surface area contributed by atoms with Crippen LogP contribution < -0.4 is 10.1 Å². The third kappa shape index (κ3) is 6.71. The highest BCUT2D eigenvalue weighted by Gasteiger charge is 2.03. The summed E-state index contributed by atoms with van der Waals surface area (Å²) in [6.45, 7) is 1.06. The average molecular weight is 394 g/mol. The zero-order chi connectivity index (χ0) is 17.2. The van der Waals surface area contributed by atoms with Crippen molar-refractivity contribution < 1.29 is 13.9 Å². The Bertz CT molecular complexity index is 646. The van der Waals surface area contributed by atoms with Crippen molar-refractivity contribution in [3.63, 3.8) is 0 Å². The molecule has 2 aromatic carbocycles. The first-order chi connectivity index (χ1) is 11.6. The predicted octanol–water partition coefficient (Wildman–Crippen LogP) is 4.50. The molecule has 0 fully saturated rings. The molecule has 24 heavy (non-hydrogen) atoms. The molecule has 0 unspecified atom stereocenters. The van der Waals surface area contributed by atoms with Crippen molar-refractivity contribution in [3.8, 4) is 5.75 Å². The van der Waals surface area contributed by atoms with Gasteiger partial charge in [-0.1, -0.05) is 34.1 Å². The van der Waals surface area contributed by atoms with Gasteiger partial charge in [-0.15, -0.1) is 0 Å². The number of carbonyl (C=O) groups is 1. The van der Waals surface area contributed by atoms with Gasteiger partial charge in [0.2, 0.25) is 5.91 Å². The molecule has 2 rings (SSSR count). The standard InChI is InChI=1S/C19H21BrFNO2/c20-16-9-11-17(12-10-16)24-14-4-8-19(23)22-13-3-6-15-5-1-2-7-18(15)21/h1-2,5,7,9-12H,3-4,6,8,13-14H2,(H,22,23). The normalized spacial score (nSPS) is 10.4. The predicted molar refractivity (Wildman–Crippen MR) is 96.6 cm³/mol. The van der Waals surface area contributed by atoms with E-state index in [0.29, 0.717) is 38.0 Å². The Kier molecular flexibility index (Phi) is 7.75. The molecule has 0 heterocycles. The molecule has 0 aliphatic heterocycles. The van der Waals surface area contributed by atoms with Crippen molar-refractivity contribution in [1.82, 2.24) is 5.32 Å². The number of benzene rings is 2. The fourth-order valence-corrected chi connectivity index (χ4v) is 2.51. The van der Waals surface area contributed by atoms with Crippen molar-refractivity contribution >= 4 is 21.8 Å². The maximum atomic E-state index is 13.4. The van der Waals surface area contributed by atoms with Gasteiger partial charge in [-0.25, -0.2) is 4.39 Å². The topological polar surface area (TPSA) is 38.3 Å². The summed E-state index contributed by atoms with van der Waals surface area (Å²) < 4.78 is 20.0. The van der Waals surface area contributed by atoms with E-state index >= 15 is 0 Å². The molecule has 0 saturated carbocycles. The Morgan fingerprint density at radius 3 is 2.58 bits per heavy atom. The van der Waals surface area contributed by atoms with Gasteiger partial charge in [-0.3, -0.25) is 4.79 Å². The van der Waals surface area contributed by atoms with E-state index in [4.69, 9.17) is 4.74 Å². The summed E-state index contributed by atoms with van der Waals surface area (Å²) in [5.41, 5.74) is 0.689. The summed E-state index contributed by atoms with van der Waals surface area (Å²) in [5.74, 6) is 0.611. The van der Waals surface area contributed by atoms with Gasteiger partial charge in [-0.2, -0.15) is 0 Å². The second kappa shape index (κ2) is 10.1. The largest absolute Gasteiger partial charge is 0.494 e. The fourth-order valence-electron chi connectivity index (χ4n) is 2.25. The smallest absolute Gasteiger partial charge is 0.220 e. The van der Waals surface area contributed by atoms with E-state index in [1.54, 1.807) is 12.1 Å². The molecule has 3 nitrogen and oxygen atoms in total. The van der Waals surface area contributed by atoms with Crippen molar-refractivity contribution in [2.75, 3.05) is 13.2 Å². The molecule has 0 bridgehead atoms. The third-order valence-corrected chi connectivity index (χ3v) is 4.06. The first-order valence-corrected chi connectivity index (χ1v) is 8.83. The molecular formula is C19H21BrFNO2. The Balaban J connectivity index is 1.53. The van der Waals surface area contributed by atoms with E-state index in [9.17, 15) is 9.18 Å². The molecular weight excluding hydrogens is 373 g/mol. The molecule has 0 aliphatic rings. The van der Waals surface area contributed by atoms with Gasteiger partial charge in [0.05, 0.1) is 6.61 Å². The number of ether oxygens (including phenoxy) is 1. The van der Waals surface area contributed by atoms with E-state index in [1.165, 1.54) is 6.07 Å². The van der Waals surface area contributed by atoms with E-state index in [1.807, 2.05) is 30.3 Å². The Labute approximate surface area is 150 Å². The maximum Gasteiger partial charge on any atom is 0.220 e. The summed E-state index contributed by atoms with van der Waals surface area (Å²) in [6.07, 6.45) is 2.44. The minimum atomic E-state index is -0.186. The zero-order valence-electron chi connectivity index (χ0n) is 13.4. The molecule has 1 N–H and O–H groups in total. The van der Waals surface area contributed by atoms with E-state index in [-0.39, 0.29) is 11.7 Å². The molecule has 1 amide bonds. The Morgan fingerprint density at radius 1 is 1.08 bits per heavy atom. The quantitative estimate of drug-likeness (QED) is 0.637. The number of rotatable bonds is 9. The van der Waals surface area contributed by atoms with Crippen LogP contribution in [0.2, 0.25) is 0 Å². The second-order valence-corrected chi connectivity index (χ2v) is 6.37. The number of hydrogen-bond donors (Lipinski definition) is 1. The molecule has 0 radical (unpaired) electrons. The summed E-state index contributed by atoms with van der Waals surface area (Å²) in [7, 11) is 0. The van der Waals surface area contributed by atoms with Crippen LogP contribution in [0.1, 0.15) is 24.8 Å². The fraction of sp³-hybridized carbons (Fsp3) is 0.316. The van der Waals surface area contributed by atoms with Crippen LogP contribution in [0.4, 0.5) is 4.39 Å². The number of aryl methyl sites for hydroxylation is 1. The molecule has 0 aliphatic carbocycles.